The second kappa shape index (κ2) is 10.8. The molecule has 0 saturated carbocycles. The average molecular weight is 456 g/mol. The molecule has 0 saturated heterocycles. The summed E-state index contributed by atoms with van der Waals surface area (Å²) in [7, 11) is 1.65. The van der Waals surface area contributed by atoms with Crippen molar-refractivity contribution in [2.45, 2.75) is 13.0 Å². The number of hydrogen-bond acceptors (Lipinski definition) is 2. The average Bonchev–Trinajstić information content (AvgIpc) is 2.87. The molecule has 0 spiro atoms. The maximum Gasteiger partial charge on any atom is 0.254 e. The Bertz CT molecular complexity index is 1210. The first kappa shape index (κ1) is 22.6. The highest BCUT2D eigenvalue weighted by atomic mass is 35.5. The molecule has 4 heteroatoms. The number of amides is 1. The van der Waals surface area contributed by atoms with Gasteiger partial charge in [-0.15, -0.1) is 0 Å². The van der Waals surface area contributed by atoms with Crippen LogP contribution in [0.5, 0.6) is 5.75 Å². The van der Waals surface area contributed by atoms with Gasteiger partial charge < -0.3 is 9.64 Å². The van der Waals surface area contributed by atoms with Crippen LogP contribution < -0.4 is 4.74 Å². The molecule has 0 unspecified atom stereocenters. The monoisotopic (exact) mass is 455 g/mol. The van der Waals surface area contributed by atoms with E-state index in [0.717, 1.165) is 28.9 Å². The van der Waals surface area contributed by atoms with E-state index in [-0.39, 0.29) is 5.91 Å². The standard InChI is InChI=1S/C29H26ClNO2/c1-33-26-14-8-11-23(19-26)21-31(18-17-22-9-4-2-5-10-22)29(32)28-20-25(30)15-16-27(28)24-12-6-3-7-13-24/h2-16,19-20H,17-18,21H2,1H3. The fourth-order valence-electron chi connectivity index (χ4n) is 3.89. The van der Waals surface area contributed by atoms with E-state index in [2.05, 4.69) is 12.1 Å². The Morgan fingerprint density at radius 1 is 0.818 bits per heavy atom. The minimum atomic E-state index is -0.0462. The van der Waals surface area contributed by atoms with Crippen LogP contribution in [0.3, 0.4) is 0 Å². The van der Waals surface area contributed by atoms with Crippen LogP contribution >= 0.6 is 11.6 Å². The maximum atomic E-state index is 13.9. The Hall–Kier alpha value is -3.56. The quantitative estimate of drug-likeness (QED) is 0.289. The van der Waals surface area contributed by atoms with Gasteiger partial charge in [0.05, 0.1) is 7.11 Å². The number of methoxy groups -OCH3 is 1. The lowest BCUT2D eigenvalue weighted by atomic mass is 9.98. The van der Waals surface area contributed by atoms with E-state index >= 15 is 0 Å². The number of nitrogens with zero attached hydrogens (tertiary/aromatic N) is 1. The second-order valence-corrected chi connectivity index (χ2v) is 8.31. The molecule has 0 radical (unpaired) electrons. The molecular formula is C29H26ClNO2. The summed E-state index contributed by atoms with van der Waals surface area (Å²) in [5, 5.41) is 0.544. The van der Waals surface area contributed by atoms with Crippen molar-refractivity contribution in [3.8, 4) is 16.9 Å². The van der Waals surface area contributed by atoms with Gasteiger partial charge in [0.2, 0.25) is 0 Å². The summed E-state index contributed by atoms with van der Waals surface area (Å²) in [6.07, 6.45) is 0.762. The van der Waals surface area contributed by atoms with Crippen molar-refractivity contribution in [3.63, 3.8) is 0 Å². The second-order valence-electron chi connectivity index (χ2n) is 7.87. The summed E-state index contributed by atoms with van der Waals surface area (Å²) in [6.45, 7) is 1.06. The fourth-order valence-corrected chi connectivity index (χ4v) is 4.06. The van der Waals surface area contributed by atoms with Crippen molar-refractivity contribution in [3.05, 3.63) is 125 Å². The van der Waals surface area contributed by atoms with Crippen molar-refractivity contribution in [2.24, 2.45) is 0 Å². The molecule has 166 valence electrons. The van der Waals surface area contributed by atoms with Crippen molar-refractivity contribution >= 4 is 17.5 Å². The Morgan fingerprint density at radius 3 is 2.24 bits per heavy atom. The molecule has 4 rings (SSSR count). The van der Waals surface area contributed by atoms with Crippen LogP contribution in [-0.2, 0) is 13.0 Å². The zero-order chi connectivity index (χ0) is 23.0. The van der Waals surface area contributed by atoms with E-state index < -0.39 is 0 Å². The lowest BCUT2D eigenvalue weighted by Gasteiger charge is -2.25. The van der Waals surface area contributed by atoms with E-state index in [1.807, 2.05) is 89.8 Å². The number of ether oxygens (including phenoxy) is 1. The number of hydrogen-bond donors (Lipinski definition) is 0. The van der Waals surface area contributed by atoms with E-state index in [9.17, 15) is 4.79 Å². The topological polar surface area (TPSA) is 29.5 Å². The molecule has 4 aromatic rings. The van der Waals surface area contributed by atoms with E-state index in [1.54, 1.807) is 13.2 Å². The summed E-state index contributed by atoms with van der Waals surface area (Å²) in [5.74, 6) is 0.728. The highest BCUT2D eigenvalue weighted by molar-refractivity contribution is 6.31. The third-order valence-corrected chi connectivity index (χ3v) is 5.84. The third kappa shape index (κ3) is 5.82. The zero-order valence-electron chi connectivity index (χ0n) is 18.6. The molecule has 0 aliphatic rings. The molecule has 0 N–H and O–H groups in total. The van der Waals surface area contributed by atoms with Crippen LogP contribution in [0.15, 0.2) is 103 Å². The van der Waals surface area contributed by atoms with Gasteiger partial charge in [-0.2, -0.15) is 0 Å². The first-order valence-corrected chi connectivity index (χ1v) is 11.3. The van der Waals surface area contributed by atoms with Gasteiger partial charge in [-0.3, -0.25) is 4.79 Å². The summed E-state index contributed by atoms with van der Waals surface area (Å²) in [4.78, 5) is 15.8. The molecule has 0 aliphatic heterocycles. The summed E-state index contributed by atoms with van der Waals surface area (Å²) in [5.41, 5.74) is 4.67. The normalized spacial score (nSPS) is 10.6. The smallest absolute Gasteiger partial charge is 0.254 e. The largest absolute Gasteiger partial charge is 0.497 e. The third-order valence-electron chi connectivity index (χ3n) is 5.60. The number of rotatable bonds is 8. The van der Waals surface area contributed by atoms with Gasteiger partial charge in [0.15, 0.2) is 0 Å². The summed E-state index contributed by atoms with van der Waals surface area (Å²) >= 11 is 6.34. The van der Waals surface area contributed by atoms with Crippen LogP contribution in [0.1, 0.15) is 21.5 Å². The zero-order valence-corrected chi connectivity index (χ0v) is 19.3. The molecule has 0 aromatic heterocycles. The van der Waals surface area contributed by atoms with Crippen molar-refractivity contribution in [2.75, 3.05) is 13.7 Å². The molecule has 0 fully saturated rings. The van der Waals surface area contributed by atoms with Crippen molar-refractivity contribution in [1.82, 2.24) is 4.90 Å². The maximum absolute atomic E-state index is 13.9. The van der Waals surface area contributed by atoms with Gasteiger partial charge in [-0.25, -0.2) is 0 Å². The van der Waals surface area contributed by atoms with E-state index in [1.165, 1.54) is 5.56 Å². The number of halogens is 1. The van der Waals surface area contributed by atoms with Crippen molar-refractivity contribution < 1.29 is 9.53 Å². The number of benzene rings is 4. The number of carbonyl (C=O) groups is 1. The van der Waals surface area contributed by atoms with Gasteiger partial charge in [0.1, 0.15) is 5.75 Å². The molecular weight excluding hydrogens is 430 g/mol. The predicted molar refractivity (Wildman–Crippen MR) is 135 cm³/mol. The van der Waals surface area contributed by atoms with E-state index in [4.69, 9.17) is 16.3 Å². The Labute approximate surface area is 200 Å². The summed E-state index contributed by atoms with van der Waals surface area (Å²) < 4.78 is 5.38. The molecule has 0 atom stereocenters. The van der Waals surface area contributed by atoms with Crippen LogP contribution in [0.25, 0.3) is 11.1 Å². The first-order chi connectivity index (χ1) is 16.1. The lowest BCUT2D eigenvalue weighted by molar-refractivity contribution is 0.0745. The summed E-state index contributed by atoms with van der Waals surface area (Å²) in [6, 6.07) is 33.5. The molecule has 3 nitrogen and oxygen atoms in total. The van der Waals surface area contributed by atoms with Gasteiger partial charge in [-0.05, 0) is 52.9 Å². The van der Waals surface area contributed by atoms with Gasteiger partial charge in [0.25, 0.3) is 5.91 Å². The van der Waals surface area contributed by atoms with Gasteiger partial charge in [0, 0.05) is 23.7 Å². The molecule has 0 heterocycles. The molecule has 33 heavy (non-hydrogen) atoms. The minimum Gasteiger partial charge on any atom is -0.497 e. The predicted octanol–water partition coefficient (Wildman–Crippen LogP) is 6.90. The Balaban J connectivity index is 1.68. The molecule has 0 bridgehead atoms. The van der Waals surface area contributed by atoms with Gasteiger partial charge in [-0.1, -0.05) is 90.5 Å². The molecule has 1 amide bonds. The SMILES string of the molecule is COc1cccc(CN(CCc2ccccc2)C(=O)c2cc(Cl)ccc2-c2ccccc2)c1. The highest BCUT2D eigenvalue weighted by Crippen LogP contribution is 2.28. The highest BCUT2D eigenvalue weighted by Gasteiger charge is 2.21. The van der Waals surface area contributed by atoms with Crippen LogP contribution in [0.4, 0.5) is 0 Å². The number of carbonyl (C=O) groups excluding carboxylic acids is 1. The van der Waals surface area contributed by atoms with Crippen LogP contribution in [0.2, 0.25) is 5.02 Å². The Morgan fingerprint density at radius 2 is 1.52 bits per heavy atom. The van der Waals surface area contributed by atoms with E-state index in [0.29, 0.717) is 23.7 Å². The molecule has 0 aliphatic carbocycles. The van der Waals surface area contributed by atoms with Crippen LogP contribution in [-0.4, -0.2) is 24.5 Å². The van der Waals surface area contributed by atoms with Crippen LogP contribution in [0, 0.1) is 0 Å². The fraction of sp³-hybridized carbons (Fsp3) is 0.138. The lowest BCUT2D eigenvalue weighted by Crippen LogP contribution is -2.33. The first-order valence-electron chi connectivity index (χ1n) is 10.9. The Kier molecular flexibility index (Phi) is 7.43. The van der Waals surface area contributed by atoms with Crippen molar-refractivity contribution in [1.29, 1.82) is 0 Å². The molecule has 4 aromatic carbocycles. The minimum absolute atomic E-state index is 0.0462. The van der Waals surface area contributed by atoms with Gasteiger partial charge >= 0.3 is 0 Å².